The monoisotopic (exact) mass is 186 g/mol. The van der Waals surface area contributed by atoms with Gasteiger partial charge in [-0.3, -0.25) is 0 Å². The molecule has 0 bridgehead atoms. The van der Waals surface area contributed by atoms with Crippen molar-refractivity contribution in [1.29, 1.82) is 5.26 Å². The van der Waals surface area contributed by atoms with Crippen molar-refractivity contribution < 1.29 is 0 Å². The molecule has 0 amide bonds. The van der Waals surface area contributed by atoms with Crippen LogP contribution in [-0.4, -0.2) is 6.04 Å². The first-order valence-electron chi connectivity index (χ1n) is 4.93. The summed E-state index contributed by atoms with van der Waals surface area (Å²) in [5, 5.41) is 9.25. The van der Waals surface area contributed by atoms with E-state index in [1.807, 2.05) is 31.2 Å². The van der Waals surface area contributed by atoms with Gasteiger partial charge in [-0.05, 0) is 30.9 Å². The Morgan fingerprint density at radius 2 is 2.21 bits per heavy atom. The standard InChI is InChI=1S/C12H14N2/c1-9-4-2-3-5-10(9)12(8-13)7-6-11(12)14/h2-5,11H,6-7,14H2,1H3. The minimum Gasteiger partial charge on any atom is -0.326 e. The number of hydrogen-bond acceptors (Lipinski definition) is 2. The van der Waals surface area contributed by atoms with Crippen LogP contribution in [0.4, 0.5) is 0 Å². The van der Waals surface area contributed by atoms with E-state index < -0.39 is 5.41 Å². The van der Waals surface area contributed by atoms with Crippen molar-refractivity contribution in [2.24, 2.45) is 5.73 Å². The molecule has 1 saturated carbocycles. The first-order chi connectivity index (χ1) is 6.70. The highest BCUT2D eigenvalue weighted by Crippen LogP contribution is 2.43. The topological polar surface area (TPSA) is 49.8 Å². The van der Waals surface area contributed by atoms with Crippen LogP contribution in [-0.2, 0) is 5.41 Å². The molecule has 0 heterocycles. The quantitative estimate of drug-likeness (QED) is 0.728. The minimum absolute atomic E-state index is 0.00796. The Hall–Kier alpha value is -1.33. The summed E-state index contributed by atoms with van der Waals surface area (Å²) in [4.78, 5) is 0. The van der Waals surface area contributed by atoms with Crippen molar-refractivity contribution in [1.82, 2.24) is 0 Å². The number of nitriles is 1. The van der Waals surface area contributed by atoms with E-state index in [-0.39, 0.29) is 6.04 Å². The SMILES string of the molecule is Cc1ccccc1C1(C#N)CCC1N. The zero-order valence-electron chi connectivity index (χ0n) is 8.33. The van der Waals surface area contributed by atoms with Gasteiger partial charge in [0, 0.05) is 6.04 Å². The maximum atomic E-state index is 9.25. The lowest BCUT2D eigenvalue weighted by atomic mass is 9.61. The van der Waals surface area contributed by atoms with Gasteiger partial charge in [-0.1, -0.05) is 24.3 Å². The lowest BCUT2D eigenvalue weighted by Crippen LogP contribution is -2.53. The summed E-state index contributed by atoms with van der Waals surface area (Å²) >= 11 is 0. The Balaban J connectivity index is 2.49. The third kappa shape index (κ3) is 1.06. The molecular weight excluding hydrogens is 172 g/mol. The van der Waals surface area contributed by atoms with E-state index in [0.717, 1.165) is 18.4 Å². The van der Waals surface area contributed by atoms with Gasteiger partial charge in [-0.15, -0.1) is 0 Å². The van der Waals surface area contributed by atoms with Gasteiger partial charge in [-0.2, -0.15) is 5.26 Å². The van der Waals surface area contributed by atoms with Gasteiger partial charge in [0.05, 0.1) is 11.5 Å². The Kier molecular flexibility index (Phi) is 2.05. The summed E-state index contributed by atoms with van der Waals surface area (Å²) in [7, 11) is 0. The summed E-state index contributed by atoms with van der Waals surface area (Å²) in [6, 6.07) is 10.4. The molecule has 2 nitrogen and oxygen atoms in total. The third-order valence-corrected chi connectivity index (χ3v) is 3.31. The molecule has 2 N–H and O–H groups in total. The van der Waals surface area contributed by atoms with E-state index in [2.05, 4.69) is 6.07 Å². The molecule has 1 aromatic carbocycles. The second kappa shape index (κ2) is 3.11. The second-order valence-corrected chi connectivity index (χ2v) is 4.04. The van der Waals surface area contributed by atoms with Gasteiger partial charge in [0.1, 0.15) is 0 Å². The average molecular weight is 186 g/mol. The van der Waals surface area contributed by atoms with Crippen LogP contribution in [0.1, 0.15) is 24.0 Å². The highest BCUT2D eigenvalue weighted by molar-refractivity contribution is 5.43. The molecule has 0 aliphatic heterocycles. The largest absolute Gasteiger partial charge is 0.326 e. The highest BCUT2D eigenvalue weighted by Gasteiger charge is 2.47. The van der Waals surface area contributed by atoms with Crippen LogP contribution in [0, 0.1) is 18.3 Å². The Morgan fingerprint density at radius 1 is 1.50 bits per heavy atom. The first kappa shape index (κ1) is 9.23. The predicted octanol–water partition coefficient (Wildman–Crippen LogP) is 1.88. The smallest absolute Gasteiger partial charge is 0.0975 e. The van der Waals surface area contributed by atoms with Crippen LogP contribution in [0.2, 0.25) is 0 Å². The molecule has 0 spiro atoms. The Labute approximate surface area is 84.3 Å². The van der Waals surface area contributed by atoms with Crippen LogP contribution in [0.3, 0.4) is 0 Å². The summed E-state index contributed by atoms with van der Waals surface area (Å²) in [6.07, 6.45) is 1.86. The molecule has 0 aromatic heterocycles. The number of rotatable bonds is 1. The van der Waals surface area contributed by atoms with Crippen LogP contribution < -0.4 is 5.73 Å². The number of hydrogen-bond donors (Lipinski definition) is 1. The lowest BCUT2D eigenvalue weighted by Gasteiger charge is -2.43. The maximum absolute atomic E-state index is 9.25. The van der Waals surface area contributed by atoms with Crippen LogP contribution in [0.15, 0.2) is 24.3 Å². The summed E-state index contributed by atoms with van der Waals surface area (Å²) in [5.41, 5.74) is 7.82. The van der Waals surface area contributed by atoms with Crippen molar-refractivity contribution in [3.63, 3.8) is 0 Å². The molecule has 2 heteroatoms. The fourth-order valence-electron chi connectivity index (χ4n) is 2.21. The third-order valence-electron chi connectivity index (χ3n) is 3.31. The molecule has 1 aliphatic rings. The Bertz CT molecular complexity index is 392. The van der Waals surface area contributed by atoms with E-state index in [0.29, 0.717) is 0 Å². The van der Waals surface area contributed by atoms with E-state index >= 15 is 0 Å². The predicted molar refractivity (Wildman–Crippen MR) is 55.7 cm³/mol. The second-order valence-electron chi connectivity index (χ2n) is 4.04. The maximum Gasteiger partial charge on any atom is 0.0975 e. The van der Waals surface area contributed by atoms with Crippen molar-refractivity contribution in [3.8, 4) is 6.07 Å². The number of nitrogens with zero attached hydrogens (tertiary/aromatic N) is 1. The fourth-order valence-corrected chi connectivity index (χ4v) is 2.21. The molecule has 2 atom stereocenters. The van der Waals surface area contributed by atoms with Gasteiger partial charge in [-0.25, -0.2) is 0 Å². The van der Waals surface area contributed by atoms with E-state index in [4.69, 9.17) is 5.73 Å². The Morgan fingerprint density at radius 3 is 2.64 bits per heavy atom. The summed E-state index contributed by atoms with van der Waals surface area (Å²) in [6.45, 7) is 2.04. The zero-order valence-corrected chi connectivity index (χ0v) is 8.33. The van der Waals surface area contributed by atoms with E-state index in [9.17, 15) is 5.26 Å². The molecule has 2 unspecified atom stereocenters. The van der Waals surface area contributed by atoms with Gasteiger partial charge >= 0.3 is 0 Å². The van der Waals surface area contributed by atoms with Gasteiger partial charge < -0.3 is 5.73 Å². The molecule has 0 radical (unpaired) electrons. The molecule has 1 aromatic rings. The van der Waals surface area contributed by atoms with Crippen molar-refractivity contribution >= 4 is 0 Å². The number of nitrogens with two attached hydrogens (primary N) is 1. The van der Waals surface area contributed by atoms with Crippen LogP contribution >= 0.6 is 0 Å². The van der Waals surface area contributed by atoms with Gasteiger partial charge in [0.2, 0.25) is 0 Å². The van der Waals surface area contributed by atoms with Crippen LogP contribution in [0.5, 0.6) is 0 Å². The number of aryl methyl sites for hydroxylation is 1. The van der Waals surface area contributed by atoms with Crippen LogP contribution in [0.25, 0.3) is 0 Å². The fraction of sp³-hybridized carbons (Fsp3) is 0.417. The lowest BCUT2D eigenvalue weighted by molar-refractivity contribution is 0.262. The normalized spacial score (nSPS) is 30.5. The van der Waals surface area contributed by atoms with Gasteiger partial charge in [0.25, 0.3) is 0 Å². The van der Waals surface area contributed by atoms with E-state index in [1.165, 1.54) is 5.56 Å². The molecule has 1 aliphatic carbocycles. The van der Waals surface area contributed by atoms with Crippen molar-refractivity contribution in [3.05, 3.63) is 35.4 Å². The molecule has 2 rings (SSSR count). The zero-order chi connectivity index (χ0) is 10.2. The molecule has 72 valence electrons. The van der Waals surface area contributed by atoms with Crippen molar-refractivity contribution in [2.45, 2.75) is 31.2 Å². The summed E-state index contributed by atoms with van der Waals surface area (Å²) in [5.74, 6) is 0. The van der Waals surface area contributed by atoms with Gasteiger partial charge in [0.15, 0.2) is 0 Å². The first-order valence-corrected chi connectivity index (χ1v) is 4.93. The summed E-state index contributed by atoms with van der Waals surface area (Å²) < 4.78 is 0. The van der Waals surface area contributed by atoms with E-state index in [1.54, 1.807) is 0 Å². The molecule has 0 saturated heterocycles. The minimum atomic E-state index is -0.411. The molecule has 14 heavy (non-hydrogen) atoms. The average Bonchev–Trinajstić information content (AvgIpc) is 2.20. The van der Waals surface area contributed by atoms with Crippen molar-refractivity contribution in [2.75, 3.05) is 0 Å². The highest BCUT2D eigenvalue weighted by atomic mass is 14.7. The molecule has 1 fully saturated rings. The number of benzene rings is 1. The molecular formula is C12H14N2.